The van der Waals surface area contributed by atoms with Crippen molar-refractivity contribution in [3.05, 3.63) is 93.0 Å². The molecule has 0 saturated carbocycles. The molecule has 0 saturated heterocycles. The molecule has 1 aromatic heterocycles. The van der Waals surface area contributed by atoms with Gasteiger partial charge in [0.2, 0.25) is 0 Å². The van der Waals surface area contributed by atoms with Gasteiger partial charge in [-0.15, -0.1) is 11.3 Å². The lowest BCUT2D eigenvalue weighted by Gasteiger charge is -2.27. The summed E-state index contributed by atoms with van der Waals surface area (Å²) in [4.78, 5) is 23.1. The molecule has 1 amide bonds. The van der Waals surface area contributed by atoms with E-state index in [4.69, 9.17) is 16.3 Å². The van der Waals surface area contributed by atoms with Crippen molar-refractivity contribution >= 4 is 56.4 Å². The molecule has 45 heavy (non-hydrogen) atoms. The van der Waals surface area contributed by atoms with Crippen molar-refractivity contribution in [2.75, 3.05) is 23.5 Å². The van der Waals surface area contributed by atoms with Crippen molar-refractivity contribution in [2.24, 2.45) is 4.99 Å². The minimum atomic E-state index is -5.15. The Balaban J connectivity index is 1.31. The van der Waals surface area contributed by atoms with Crippen LogP contribution in [0.1, 0.15) is 16.1 Å². The molecule has 15 heteroatoms. The highest BCUT2D eigenvalue weighted by Gasteiger charge is 2.42. The van der Waals surface area contributed by atoms with E-state index < -0.39 is 40.8 Å². The van der Waals surface area contributed by atoms with Gasteiger partial charge in [-0.3, -0.25) is 14.7 Å². The Labute approximate surface area is 265 Å². The molecule has 0 unspecified atom stereocenters. The maximum atomic E-state index is 13.5. The first-order valence-electron chi connectivity index (χ1n) is 13.3. The van der Waals surface area contributed by atoms with Gasteiger partial charge < -0.3 is 9.64 Å². The number of hydrogen-bond acceptors (Lipinski definition) is 8. The Morgan fingerprint density at radius 1 is 1.11 bits per heavy atom. The van der Waals surface area contributed by atoms with Gasteiger partial charge in [0.05, 0.1) is 47.3 Å². The van der Waals surface area contributed by atoms with Crippen molar-refractivity contribution in [3.63, 3.8) is 0 Å². The summed E-state index contributed by atoms with van der Waals surface area (Å²) < 4.78 is 81.8. The fourth-order valence-electron chi connectivity index (χ4n) is 4.53. The van der Waals surface area contributed by atoms with Crippen LogP contribution in [0.25, 0.3) is 11.3 Å². The molecule has 3 aromatic carbocycles. The van der Waals surface area contributed by atoms with Gasteiger partial charge in [-0.1, -0.05) is 29.8 Å². The van der Waals surface area contributed by atoms with Crippen LogP contribution in [0, 0.1) is 5.82 Å². The number of hydrogen-bond donors (Lipinski definition) is 0. The number of carbonyl (C=O) groups is 1. The smallest absolute Gasteiger partial charge is 0.471 e. The molecular formula is C30H25ClF4N4O4S2. The Kier molecular flexibility index (Phi) is 9.46. The highest BCUT2D eigenvalue weighted by molar-refractivity contribution is 7.90. The van der Waals surface area contributed by atoms with E-state index in [0.29, 0.717) is 44.7 Å². The molecule has 0 radical (unpaired) electrons. The Hall–Kier alpha value is -4.01. The Morgan fingerprint density at radius 3 is 2.60 bits per heavy atom. The predicted octanol–water partition coefficient (Wildman–Crippen LogP) is 6.80. The number of thiazole rings is 1. The van der Waals surface area contributed by atoms with Crippen LogP contribution in [-0.2, 0) is 34.3 Å². The average molecular weight is 681 g/mol. The standard InChI is InChI=1S/C30H25ClF4N4O4S2/c1-45(41,42)10-9-38(29(40)30(33,34)35)15-28-37-25(17-44-28)20-5-7-26-21(12-20)14-36-18-39(26)27-8-6-23(13-24(27)31)43-16-19-3-2-4-22(32)11-19/h2-8,11-13,17-18H,9-10,14-16H2,1H3. The SMILES string of the molecule is CS(=O)(=O)CCN(Cc1nc(-c2ccc3c(c2)CN=CN3c2ccc(OCc3cccc(F)c3)cc2Cl)cs1)C(=O)C(F)(F)F. The highest BCUT2D eigenvalue weighted by atomic mass is 35.5. The van der Waals surface area contributed by atoms with Gasteiger partial charge in [-0.2, -0.15) is 13.2 Å². The molecule has 1 aliphatic heterocycles. The summed E-state index contributed by atoms with van der Waals surface area (Å²) in [5, 5.41) is 2.28. The lowest BCUT2D eigenvalue weighted by Crippen LogP contribution is -2.42. The molecule has 0 atom stereocenters. The summed E-state index contributed by atoms with van der Waals surface area (Å²) in [6.45, 7) is -0.564. The molecule has 5 rings (SSSR count). The summed E-state index contributed by atoms with van der Waals surface area (Å²) in [6.07, 6.45) is -2.61. The molecule has 236 valence electrons. The molecule has 0 fully saturated rings. The molecule has 4 aromatic rings. The highest BCUT2D eigenvalue weighted by Crippen LogP contribution is 2.38. The van der Waals surface area contributed by atoms with E-state index in [1.165, 1.54) is 12.1 Å². The van der Waals surface area contributed by atoms with Gasteiger partial charge in [0.15, 0.2) is 0 Å². The zero-order chi connectivity index (χ0) is 32.4. The fraction of sp³-hybridized carbons (Fsp3) is 0.233. The van der Waals surface area contributed by atoms with Crippen molar-refractivity contribution in [3.8, 4) is 17.0 Å². The Morgan fingerprint density at radius 2 is 1.89 bits per heavy atom. The molecule has 8 nitrogen and oxygen atoms in total. The van der Waals surface area contributed by atoms with E-state index in [1.54, 1.807) is 48.1 Å². The van der Waals surface area contributed by atoms with Gasteiger partial charge in [0.25, 0.3) is 0 Å². The molecule has 0 bridgehead atoms. The van der Waals surface area contributed by atoms with Crippen LogP contribution in [0.4, 0.5) is 28.9 Å². The predicted molar refractivity (Wildman–Crippen MR) is 165 cm³/mol. The molecular weight excluding hydrogens is 656 g/mol. The number of fused-ring (bicyclic) bond motifs is 1. The number of aromatic nitrogens is 1. The van der Waals surface area contributed by atoms with Crippen LogP contribution >= 0.6 is 22.9 Å². The first kappa shape index (κ1) is 32.4. The van der Waals surface area contributed by atoms with Crippen molar-refractivity contribution < 1.29 is 35.5 Å². The third-order valence-corrected chi connectivity index (χ3v) is 8.77. The lowest BCUT2D eigenvalue weighted by atomic mass is 10.0. The third-order valence-electron chi connectivity index (χ3n) is 6.71. The molecule has 2 heterocycles. The molecule has 0 spiro atoms. The van der Waals surface area contributed by atoms with E-state index in [2.05, 4.69) is 9.98 Å². The molecule has 0 N–H and O–H groups in total. The quantitative estimate of drug-likeness (QED) is 0.171. The lowest BCUT2D eigenvalue weighted by molar-refractivity contribution is -0.185. The monoisotopic (exact) mass is 680 g/mol. The second kappa shape index (κ2) is 13.2. The first-order valence-corrected chi connectivity index (χ1v) is 16.7. The van der Waals surface area contributed by atoms with Crippen LogP contribution in [-0.4, -0.2) is 55.3 Å². The number of nitrogens with zero attached hydrogens (tertiary/aromatic N) is 4. The van der Waals surface area contributed by atoms with Crippen molar-refractivity contribution in [1.29, 1.82) is 0 Å². The zero-order valence-electron chi connectivity index (χ0n) is 23.6. The van der Waals surface area contributed by atoms with Gasteiger partial charge in [0, 0.05) is 29.8 Å². The summed E-state index contributed by atoms with van der Waals surface area (Å²) in [5.74, 6) is -2.58. The first-order chi connectivity index (χ1) is 21.3. The van der Waals surface area contributed by atoms with E-state index in [9.17, 15) is 30.8 Å². The van der Waals surface area contributed by atoms with Gasteiger partial charge >= 0.3 is 12.1 Å². The third kappa shape index (κ3) is 8.18. The van der Waals surface area contributed by atoms with Crippen LogP contribution in [0.3, 0.4) is 0 Å². The molecule has 0 aliphatic carbocycles. The maximum Gasteiger partial charge on any atom is 0.471 e. The number of amides is 1. The number of rotatable bonds is 10. The number of ether oxygens (including phenoxy) is 1. The van der Waals surface area contributed by atoms with Gasteiger partial charge in [0.1, 0.15) is 33.0 Å². The number of halogens is 5. The Bertz CT molecular complexity index is 1860. The van der Waals surface area contributed by atoms with Gasteiger partial charge in [-0.05, 0) is 47.5 Å². The summed E-state index contributed by atoms with van der Waals surface area (Å²) in [6, 6.07) is 16.8. The maximum absolute atomic E-state index is 13.5. The summed E-state index contributed by atoms with van der Waals surface area (Å²) >= 11 is 7.69. The van der Waals surface area contributed by atoms with Crippen molar-refractivity contribution in [1.82, 2.24) is 9.88 Å². The van der Waals surface area contributed by atoms with Crippen LogP contribution < -0.4 is 9.64 Å². The summed E-state index contributed by atoms with van der Waals surface area (Å²) in [5.41, 5.74) is 4.14. The van der Waals surface area contributed by atoms with Crippen LogP contribution in [0.5, 0.6) is 5.75 Å². The second-order valence-electron chi connectivity index (χ2n) is 10.2. The average Bonchev–Trinajstić information content (AvgIpc) is 3.45. The number of alkyl halides is 3. The minimum Gasteiger partial charge on any atom is -0.489 e. The summed E-state index contributed by atoms with van der Waals surface area (Å²) in [7, 11) is -3.60. The van der Waals surface area contributed by atoms with E-state index in [-0.39, 0.29) is 17.4 Å². The van der Waals surface area contributed by atoms with E-state index >= 15 is 0 Å². The van der Waals surface area contributed by atoms with Crippen LogP contribution in [0.15, 0.2) is 71.0 Å². The second-order valence-corrected chi connectivity index (χ2v) is 13.8. The number of anilines is 2. The largest absolute Gasteiger partial charge is 0.489 e. The normalized spacial score (nSPS) is 13.1. The van der Waals surface area contributed by atoms with Gasteiger partial charge in [-0.25, -0.2) is 17.8 Å². The molecule has 1 aliphatic rings. The van der Waals surface area contributed by atoms with E-state index in [1.807, 2.05) is 17.0 Å². The van der Waals surface area contributed by atoms with Crippen LogP contribution in [0.2, 0.25) is 5.02 Å². The number of aliphatic imine (C=N–C) groups is 1. The van der Waals surface area contributed by atoms with E-state index in [0.717, 1.165) is 28.8 Å². The zero-order valence-corrected chi connectivity index (χ0v) is 26.0. The minimum absolute atomic E-state index is 0.167. The topological polar surface area (TPSA) is 92.2 Å². The van der Waals surface area contributed by atoms with Crippen molar-refractivity contribution in [2.45, 2.75) is 25.9 Å². The fourth-order valence-corrected chi connectivity index (χ4v) is 6.17. The number of carbonyl (C=O) groups excluding carboxylic acids is 1. The number of benzene rings is 3. The number of sulfone groups is 1.